The van der Waals surface area contributed by atoms with Gasteiger partial charge in [-0.05, 0) is 46.2 Å². The zero-order chi connectivity index (χ0) is 24.0. The Morgan fingerprint density at radius 2 is 1.36 bits per heavy atom. The molecule has 1 aliphatic heterocycles. The molecule has 6 nitrogen and oxygen atoms in total. The smallest absolute Gasteiger partial charge is 0.103 e. The Bertz CT molecular complexity index is 1260. The van der Waals surface area contributed by atoms with E-state index >= 15 is 0 Å². The molecule has 0 bridgehead atoms. The number of aliphatic hydroxyl groups is 1. The fourth-order valence-electron chi connectivity index (χ4n) is 4.08. The van der Waals surface area contributed by atoms with E-state index in [2.05, 4.69) is 94.3 Å². The summed E-state index contributed by atoms with van der Waals surface area (Å²) in [6, 6.07) is 12.8. The Morgan fingerprint density at radius 1 is 0.818 bits per heavy atom. The van der Waals surface area contributed by atoms with Crippen LogP contribution < -0.4 is 0 Å². The lowest BCUT2D eigenvalue weighted by Gasteiger charge is -2.18. The molecule has 1 aliphatic rings. The second-order valence-electron chi connectivity index (χ2n) is 11.1. The van der Waals surface area contributed by atoms with Crippen molar-refractivity contribution in [1.82, 2.24) is 19.6 Å². The van der Waals surface area contributed by atoms with Crippen LogP contribution in [0.1, 0.15) is 58.7 Å². The average molecular weight is 449 g/mol. The minimum atomic E-state index is -0.462. The minimum absolute atomic E-state index is 0.0644. The first-order valence-corrected chi connectivity index (χ1v) is 11.6. The predicted octanol–water partition coefficient (Wildman–Crippen LogP) is 5.14. The first-order valence-electron chi connectivity index (χ1n) is 11.6. The second kappa shape index (κ2) is 8.58. The molecular weight excluding hydrogens is 412 g/mol. The summed E-state index contributed by atoms with van der Waals surface area (Å²) in [5.41, 5.74) is 5.03. The highest BCUT2D eigenvalue weighted by molar-refractivity contribution is 5.79. The van der Waals surface area contributed by atoms with Gasteiger partial charge in [0.2, 0.25) is 0 Å². The maximum atomic E-state index is 9.87. The Balaban J connectivity index is 0.000000165. The molecule has 5 rings (SSSR count). The molecule has 2 unspecified atom stereocenters. The first kappa shape index (κ1) is 23.5. The zero-order valence-electron chi connectivity index (χ0n) is 20.8. The molecule has 0 radical (unpaired) electrons. The van der Waals surface area contributed by atoms with Gasteiger partial charge >= 0.3 is 0 Å². The van der Waals surface area contributed by atoms with E-state index in [1.807, 2.05) is 22.6 Å². The lowest BCUT2D eigenvalue weighted by molar-refractivity contribution is 0.118. The number of aromatic nitrogens is 4. The molecule has 6 heteroatoms. The summed E-state index contributed by atoms with van der Waals surface area (Å²) in [6.45, 7) is 14.2. The highest BCUT2D eigenvalue weighted by atomic mass is 16.5. The quantitative estimate of drug-likeness (QED) is 0.438. The van der Waals surface area contributed by atoms with Gasteiger partial charge < -0.3 is 9.84 Å². The second-order valence-corrected chi connectivity index (χ2v) is 11.1. The largest absolute Gasteiger partial charge is 0.388 e. The molecule has 1 saturated heterocycles. The molecule has 176 valence electrons. The molecule has 33 heavy (non-hydrogen) atoms. The number of ether oxygens (including phenoxy) is 1. The van der Waals surface area contributed by atoms with Crippen molar-refractivity contribution in [3.63, 3.8) is 0 Å². The van der Waals surface area contributed by atoms with Crippen LogP contribution in [0.4, 0.5) is 0 Å². The van der Waals surface area contributed by atoms with Crippen LogP contribution in [0.2, 0.25) is 0 Å². The van der Waals surface area contributed by atoms with Crippen molar-refractivity contribution in [2.45, 2.75) is 64.5 Å². The maximum Gasteiger partial charge on any atom is 0.103 e. The van der Waals surface area contributed by atoms with Crippen molar-refractivity contribution in [2.75, 3.05) is 13.2 Å². The average Bonchev–Trinajstić information content (AvgIpc) is 3.42. The molecule has 1 N–H and O–H groups in total. The van der Waals surface area contributed by atoms with E-state index in [0.717, 1.165) is 16.4 Å². The summed E-state index contributed by atoms with van der Waals surface area (Å²) in [4.78, 5) is 0. The molecular formula is C27H36N4O2. The van der Waals surface area contributed by atoms with Crippen molar-refractivity contribution in [3.8, 4) is 0 Å². The first-order chi connectivity index (χ1) is 15.4. The maximum absolute atomic E-state index is 9.87. The van der Waals surface area contributed by atoms with E-state index in [1.165, 1.54) is 16.5 Å². The molecule has 0 amide bonds. The van der Waals surface area contributed by atoms with E-state index in [0.29, 0.717) is 13.2 Å². The Kier molecular flexibility index (Phi) is 6.10. The summed E-state index contributed by atoms with van der Waals surface area (Å²) in [5.74, 6) is 0. The van der Waals surface area contributed by atoms with Gasteiger partial charge in [-0.1, -0.05) is 53.7 Å². The lowest BCUT2D eigenvalue weighted by Crippen LogP contribution is -2.22. The standard InChI is InChI=1S/C15H20N2O2.C12H16N2/c1-15(2,3)11-4-5-12-10(6-11)7-17(16-12)13-8-19-9-14(13)18;1-12(2,3)10-5-6-11-9(7-10)8-14(4)13-11/h4-7,13-14,18H,8-9H2,1-3H3;5-8H,1-4H3. The highest BCUT2D eigenvalue weighted by Crippen LogP contribution is 2.28. The summed E-state index contributed by atoms with van der Waals surface area (Å²) in [7, 11) is 1.96. The number of aryl methyl sites for hydroxylation is 1. The van der Waals surface area contributed by atoms with Crippen molar-refractivity contribution in [3.05, 3.63) is 59.9 Å². The third-order valence-electron chi connectivity index (χ3n) is 6.23. The van der Waals surface area contributed by atoms with E-state index in [4.69, 9.17) is 4.74 Å². The summed E-state index contributed by atoms with van der Waals surface area (Å²) in [5, 5.41) is 21.1. The van der Waals surface area contributed by atoms with Crippen LogP contribution in [-0.4, -0.2) is 44.0 Å². The predicted molar refractivity (Wildman–Crippen MR) is 134 cm³/mol. The van der Waals surface area contributed by atoms with Crippen LogP contribution in [0.5, 0.6) is 0 Å². The van der Waals surface area contributed by atoms with E-state index in [-0.39, 0.29) is 16.9 Å². The number of nitrogens with zero attached hydrogens (tertiary/aromatic N) is 4. The van der Waals surface area contributed by atoms with Crippen LogP contribution in [0.3, 0.4) is 0 Å². The molecule has 2 aromatic carbocycles. The van der Waals surface area contributed by atoms with Crippen LogP contribution in [0.15, 0.2) is 48.8 Å². The molecule has 3 heterocycles. The molecule has 4 aromatic rings. The fourth-order valence-corrected chi connectivity index (χ4v) is 4.08. The summed E-state index contributed by atoms with van der Waals surface area (Å²) < 4.78 is 8.99. The third-order valence-corrected chi connectivity index (χ3v) is 6.23. The van der Waals surface area contributed by atoms with Gasteiger partial charge in [-0.15, -0.1) is 0 Å². The van der Waals surface area contributed by atoms with Gasteiger partial charge in [0.15, 0.2) is 0 Å². The number of hydrogen-bond donors (Lipinski definition) is 1. The fraction of sp³-hybridized carbons (Fsp3) is 0.481. The number of aliphatic hydroxyl groups excluding tert-OH is 1. The van der Waals surface area contributed by atoms with Crippen LogP contribution in [-0.2, 0) is 22.6 Å². The molecule has 1 fully saturated rings. The van der Waals surface area contributed by atoms with Crippen LogP contribution in [0, 0.1) is 0 Å². The van der Waals surface area contributed by atoms with Gasteiger partial charge in [0.05, 0.1) is 24.2 Å². The van der Waals surface area contributed by atoms with Gasteiger partial charge in [0.25, 0.3) is 0 Å². The molecule has 0 aliphatic carbocycles. The monoisotopic (exact) mass is 448 g/mol. The van der Waals surface area contributed by atoms with Gasteiger partial charge in [-0.2, -0.15) is 10.2 Å². The lowest BCUT2D eigenvalue weighted by atomic mass is 9.86. The third kappa shape index (κ3) is 5.12. The van der Waals surface area contributed by atoms with E-state index < -0.39 is 6.10 Å². The number of fused-ring (bicyclic) bond motifs is 2. The van der Waals surface area contributed by atoms with E-state index in [1.54, 1.807) is 0 Å². The van der Waals surface area contributed by atoms with Gasteiger partial charge in [0, 0.05) is 30.2 Å². The highest BCUT2D eigenvalue weighted by Gasteiger charge is 2.28. The Morgan fingerprint density at radius 3 is 1.88 bits per heavy atom. The zero-order valence-corrected chi connectivity index (χ0v) is 20.8. The topological polar surface area (TPSA) is 65.1 Å². The molecule has 0 saturated carbocycles. The van der Waals surface area contributed by atoms with E-state index in [9.17, 15) is 5.11 Å². The van der Waals surface area contributed by atoms with Crippen molar-refractivity contribution < 1.29 is 9.84 Å². The molecule has 2 atom stereocenters. The number of rotatable bonds is 1. The summed E-state index contributed by atoms with van der Waals surface area (Å²) in [6.07, 6.45) is 3.61. The van der Waals surface area contributed by atoms with Gasteiger partial charge in [-0.25, -0.2) is 0 Å². The van der Waals surface area contributed by atoms with Crippen LogP contribution in [0.25, 0.3) is 21.8 Å². The number of hydrogen-bond acceptors (Lipinski definition) is 4. The van der Waals surface area contributed by atoms with Crippen molar-refractivity contribution in [1.29, 1.82) is 0 Å². The minimum Gasteiger partial charge on any atom is -0.388 e. The van der Waals surface area contributed by atoms with Crippen LogP contribution >= 0.6 is 0 Å². The molecule has 2 aromatic heterocycles. The molecule has 0 spiro atoms. The van der Waals surface area contributed by atoms with Crippen molar-refractivity contribution in [2.24, 2.45) is 7.05 Å². The van der Waals surface area contributed by atoms with Crippen molar-refractivity contribution >= 4 is 21.8 Å². The summed E-state index contributed by atoms with van der Waals surface area (Å²) >= 11 is 0. The Hall–Kier alpha value is -2.70. The normalized spacial score (nSPS) is 19.2. The van der Waals surface area contributed by atoms with Gasteiger partial charge in [-0.3, -0.25) is 9.36 Å². The number of benzene rings is 2. The SMILES string of the molecule is CC(C)(C)c1ccc2nn(C3COCC3O)cc2c1.Cn1cc2cc(C(C)(C)C)ccc2n1. The van der Waals surface area contributed by atoms with Gasteiger partial charge in [0.1, 0.15) is 12.1 Å². The Labute approximate surface area is 196 Å².